The van der Waals surface area contributed by atoms with Crippen molar-refractivity contribution in [2.75, 3.05) is 0 Å². The first kappa shape index (κ1) is 11.1. The number of phenolic OH excluding ortho intramolecular Hbond substituents is 1. The monoisotopic (exact) mass is 222 g/mol. The molecule has 2 unspecified atom stereocenters. The summed E-state index contributed by atoms with van der Waals surface area (Å²) in [6, 6.07) is 5.08. The van der Waals surface area contributed by atoms with E-state index in [-0.39, 0.29) is 12.4 Å². The predicted molar refractivity (Wildman–Crippen MR) is 58.6 cm³/mol. The second-order valence-electron chi connectivity index (χ2n) is 3.89. The van der Waals surface area contributed by atoms with E-state index >= 15 is 0 Å². The van der Waals surface area contributed by atoms with Gasteiger partial charge >= 0.3 is 0 Å². The van der Waals surface area contributed by atoms with E-state index in [1.807, 2.05) is 6.07 Å². The molecule has 0 fully saturated rings. The van der Waals surface area contributed by atoms with Crippen LogP contribution >= 0.6 is 0 Å². The van der Waals surface area contributed by atoms with E-state index in [2.05, 4.69) is 0 Å². The molecule has 0 amide bonds. The topological polar surface area (TPSA) is 69.9 Å². The Morgan fingerprint density at radius 1 is 1.44 bits per heavy atom. The van der Waals surface area contributed by atoms with Crippen LogP contribution in [0, 0.1) is 0 Å². The maximum absolute atomic E-state index is 9.95. The van der Waals surface area contributed by atoms with Crippen LogP contribution in [0.1, 0.15) is 18.1 Å². The van der Waals surface area contributed by atoms with Gasteiger partial charge in [0.05, 0.1) is 6.61 Å². The van der Waals surface area contributed by atoms with Gasteiger partial charge in [-0.05, 0) is 24.6 Å². The number of phenols is 1. The fraction of sp³-hybridized carbons (Fsp3) is 0.333. The van der Waals surface area contributed by atoms with Crippen LogP contribution in [0.15, 0.2) is 24.3 Å². The Balaban J connectivity index is 2.39. The molecule has 0 bridgehead atoms. The number of ether oxygens (including phenoxy) is 1. The lowest BCUT2D eigenvalue weighted by molar-refractivity contribution is -0.224. The van der Waals surface area contributed by atoms with Crippen molar-refractivity contribution in [3.05, 3.63) is 35.4 Å². The minimum Gasteiger partial charge on any atom is -0.508 e. The van der Waals surface area contributed by atoms with Crippen LogP contribution in [-0.2, 0) is 11.3 Å². The summed E-state index contributed by atoms with van der Waals surface area (Å²) < 4.78 is 5.22. The summed E-state index contributed by atoms with van der Waals surface area (Å²) in [6.07, 6.45) is 1.98. The molecule has 1 heterocycles. The van der Waals surface area contributed by atoms with E-state index in [0.717, 1.165) is 5.56 Å². The second-order valence-corrected chi connectivity index (χ2v) is 3.89. The zero-order chi connectivity index (χ0) is 11.8. The van der Waals surface area contributed by atoms with E-state index in [0.29, 0.717) is 5.56 Å². The van der Waals surface area contributed by atoms with Gasteiger partial charge in [0, 0.05) is 5.56 Å². The SMILES string of the molecule is CC(O)C1(O)C=Cc2cccc(O)c2CO1. The molecule has 1 aliphatic rings. The van der Waals surface area contributed by atoms with Gasteiger partial charge in [-0.2, -0.15) is 0 Å². The highest BCUT2D eigenvalue weighted by Crippen LogP contribution is 2.30. The highest BCUT2D eigenvalue weighted by atomic mass is 16.6. The Labute approximate surface area is 93.4 Å². The summed E-state index contributed by atoms with van der Waals surface area (Å²) in [5, 5.41) is 29.0. The molecular weight excluding hydrogens is 208 g/mol. The summed E-state index contributed by atoms with van der Waals surface area (Å²) in [4.78, 5) is 0. The van der Waals surface area contributed by atoms with Crippen LogP contribution in [0.25, 0.3) is 6.08 Å². The second kappa shape index (κ2) is 3.90. The summed E-state index contributed by atoms with van der Waals surface area (Å²) in [5.41, 5.74) is 1.38. The summed E-state index contributed by atoms with van der Waals surface area (Å²) >= 11 is 0. The molecule has 3 N–H and O–H groups in total. The van der Waals surface area contributed by atoms with Crippen molar-refractivity contribution in [1.82, 2.24) is 0 Å². The Bertz CT molecular complexity index is 425. The number of hydrogen-bond donors (Lipinski definition) is 3. The molecule has 0 saturated heterocycles. The molecule has 0 radical (unpaired) electrons. The molecule has 0 saturated carbocycles. The minimum absolute atomic E-state index is 0.0520. The van der Waals surface area contributed by atoms with E-state index in [4.69, 9.17) is 4.74 Å². The number of benzene rings is 1. The van der Waals surface area contributed by atoms with Gasteiger partial charge in [0.1, 0.15) is 11.9 Å². The molecule has 0 spiro atoms. The summed E-state index contributed by atoms with van der Waals surface area (Å²) in [7, 11) is 0. The molecule has 16 heavy (non-hydrogen) atoms. The molecule has 2 atom stereocenters. The van der Waals surface area contributed by atoms with Crippen LogP contribution in [0.2, 0.25) is 0 Å². The molecule has 4 heteroatoms. The molecule has 86 valence electrons. The van der Waals surface area contributed by atoms with Crippen molar-refractivity contribution in [2.24, 2.45) is 0 Å². The fourth-order valence-electron chi connectivity index (χ4n) is 1.61. The lowest BCUT2D eigenvalue weighted by Gasteiger charge is -2.26. The highest BCUT2D eigenvalue weighted by molar-refractivity contribution is 5.59. The number of fused-ring (bicyclic) bond motifs is 1. The number of rotatable bonds is 1. The first-order valence-electron chi connectivity index (χ1n) is 5.07. The lowest BCUT2D eigenvalue weighted by Crippen LogP contribution is -2.40. The van der Waals surface area contributed by atoms with Crippen molar-refractivity contribution in [1.29, 1.82) is 0 Å². The molecule has 0 aromatic heterocycles. The number of hydrogen-bond acceptors (Lipinski definition) is 4. The maximum atomic E-state index is 9.95. The van der Waals surface area contributed by atoms with Crippen LogP contribution < -0.4 is 0 Å². The zero-order valence-corrected chi connectivity index (χ0v) is 8.92. The van der Waals surface area contributed by atoms with Crippen molar-refractivity contribution >= 4 is 6.08 Å². The normalized spacial score (nSPS) is 25.9. The molecule has 0 aliphatic carbocycles. The molecule has 1 aromatic carbocycles. The van der Waals surface area contributed by atoms with Gasteiger partial charge < -0.3 is 20.1 Å². The maximum Gasteiger partial charge on any atom is 0.212 e. The molecule has 1 aromatic rings. The van der Waals surface area contributed by atoms with Crippen molar-refractivity contribution in [2.45, 2.75) is 25.4 Å². The van der Waals surface area contributed by atoms with Gasteiger partial charge in [0.15, 0.2) is 0 Å². The van der Waals surface area contributed by atoms with Crippen LogP contribution in [-0.4, -0.2) is 27.2 Å². The van der Waals surface area contributed by atoms with Crippen LogP contribution in [0.4, 0.5) is 0 Å². The average molecular weight is 222 g/mol. The van der Waals surface area contributed by atoms with E-state index in [1.165, 1.54) is 13.0 Å². The Morgan fingerprint density at radius 3 is 2.88 bits per heavy atom. The largest absolute Gasteiger partial charge is 0.508 e. The zero-order valence-electron chi connectivity index (χ0n) is 8.92. The van der Waals surface area contributed by atoms with Gasteiger partial charge in [0.2, 0.25) is 5.79 Å². The van der Waals surface area contributed by atoms with Gasteiger partial charge in [-0.15, -0.1) is 0 Å². The van der Waals surface area contributed by atoms with E-state index in [9.17, 15) is 15.3 Å². The van der Waals surface area contributed by atoms with Crippen molar-refractivity contribution in [3.8, 4) is 5.75 Å². The predicted octanol–water partition coefficient (Wildman–Crippen LogP) is 1.00. The number of aromatic hydroxyl groups is 1. The van der Waals surface area contributed by atoms with Crippen LogP contribution in [0.5, 0.6) is 5.75 Å². The smallest absolute Gasteiger partial charge is 0.212 e. The Hall–Kier alpha value is -1.36. The van der Waals surface area contributed by atoms with E-state index in [1.54, 1.807) is 18.2 Å². The summed E-state index contributed by atoms with van der Waals surface area (Å²) in [5.74, 6) is -1.58. The van der Waals surface area contributed by atoms with Gasteiger partial charge in [-0.1, -0.05) is 18.2 Å². The van der Waals surface area contributed by atoms with Crippen molar-refractivity contribution in [3.63, 3.8) is 0 Å². The standard InChI is InChI=1S/C12H14O4/c1-8(13)12(15)6-5-9-3-2-4-11(14)10(9)7-16-12/h2-6,8,13-15H,7H2,1H3. The first-order chi connectivity index (χ1) is 7.53. The number of aliphatic hydroxyl groups is 2. The Morgan fingerprint density at radius 2 is 2.19 bits per heavy atom. The molecule has 4 nitrogen and oxygen atoms in total. The molecular formula is C12H14O4. The quantitative estimate of drug-likeness (QED) is 0.663. The molecule has 2 rings (SSSR count). The third-order valence-corrected chi connectivity index (χ3v) is 2.74. The van der Waals surface area contributed by atoms with Gasteiger partial charge in [-0.25, -0.2) is 0 Å². The molecule has 1 aliphatic heterocycles. The summed E-state index contributed by atoms with van der Waals surface area (Å²) in [6.45, 7) is 1.50. The highest BCUT2D eigenvalue weighted by Gasteiger charge is 2.33. The van der Waals surface area contributed by atoms with Gasteiger partial charge in [0.25, 0.3) is 0 Å². The fourth-order valence-corrected chi connectivity index (χ4v) is 1.61. The lowest BCUT2D eigenvalue weighted by atomic mass is 10.1. The minimum atomic E-state index is -1.70. The Kier molecular flexibility index (Phi) is 2.71. The van der Waals surface area contributed by atoms with E-state index < -0.39 is 11.9 Å². The third kappa shape index (κ3) is 1.82. The van der Waals surface area contributed by atoms with Gasteiger partial charge in [-0.3, -0.25) is 0 Å². The number of aliphatic hydroxyl groups excluding tert-OH is 1. The van der Waals surface area contributed by atoms with Crippen molar-refractivity contribution < 1.29 is 20.1 Å². The first-order valence-corrected chi connectivity index (χ1v) is 5.07. The van der Waals surface area contributed by atoms with Crippen LogP contribution in [0.3, 0.4) is 0 Å². The third-order valence-electron chi connectivity index (χ3n) is 2.74. The average Bonchev–Trinajstić information content (AvgIpc) is 2.41.